The van der Waals surface area contributed by atoms with E-state index >= 15 is 0 Å². The SMILES string of the molecule is CCN(C(=O)CCc1ncc(-c2ccc(C)cc2)o1)[C@H](COC)Cc1ccccc1. The summed E-state index contributed by atoms with van der Waals surface area (Å²) >= 11 is 0. The van der Waals surface area contributed by atoms with Crippen molar-refractivity contribution in [3.8, 4) is 11.3 Å². The lowest BCUT2D eigenvalue weighted by atomic mass is 10.0. The van der Waals surface area contributed by atoms with Crippen molar-refractivity contribution in [1.82, 2.24) is 9.88 Å². The molecule has 0 spiro atoms. The Kier molecular flexibility index (Phi) is 7.80. The lowest BCUT2D eigenvalue weighted by Crippen LogP contribution is -2.44. The van der Waals surface area contributed by atoms with Crippen molar-refractivity contribution in [2.24, 2.45) is 0 Å². The van der Waals surface area contributed by atoms with Crippen molar-refractivity contribution < 1.29 is 13.9 Å². The van der Waals surface area contributed by atoms with Gasteiger partial charge >= 0.3 is 0 Å². The molecule has 3 aromatic rings. The van der Waals surface area contributed by atoms with Crippen LogP contribution >= 0.6 is 0 Å². The molecule has 0 bridgehead atoms. The van der Waals surface area contributed by atoms with Gasteiger partial charge < -0.3 is 14.1 Å². The van der Waals surface area contributed by atoms with E-state index in [1.54, 1.807) is 13.3 Å². The van der Waals surface area contributed by atoms with E-state index in [0.29, 0.717) is 31.9 Å². The Balaban J connectivity index is 1.62. The van der Waals surface area contributed by atoms with Crippen LogP contribution in [0.3, 0.4) is 0 Å². The Morgan fingerprint density at radius 2 is 1.87 bits per heavy atom. The summed E-state index contributed by atoms with van der Waals surface area (Å²) in [6.07, 6.45) is 3.33. The number of hydrogen-bond donors (Lipinski definition) is 0. The molecule has 0 aliphatic rings. The van der Waals surface area contributed by atoms with Gasteiger partial charge in [0.05, 0.1) is 18.8 Å². The molecule has 1 heterocycles. The van der Waals surface area contributed by atoms with Crippen LogP contribution < -0.4 is 0 Å². The number of rotatable bonds is 10. The minimum Gasteiger partial charge on any atom is -0.441 e. The average molecular weight is 407 g/mol. The highest BCUT2D eigenvalue weighted by Gasteiger charge is 2.23. The molecule has 1 amide bonds. The first-order valence-electron chi connectivity index (χ1n) is 10.4. The molecule has 1 atom stereocenters. The van der Waals surface area contributed by atoms with Crippen molar-refractivity contribution in [1.29, 1.82) is 0 Å². The van der Waals surface area contributed by atoms with Gasteiger partial charge in [0.1, 0.15) is 0 Å². The molecule has 0 aliphatic carbocycles. The summed E-state index contributed by atoms with van der Waals surface area (Å²) in [6.45, 7) is 5.20. The topological polar surface area (TPSA) is 55.6 Å². The molecule has 0 fully saturated rings. The number of hydrogen-bond acceptors (Lipinski definition) is 4. The second-order valence-corrected chi connectivity index (χ2v) is 7.46. The van der Waals surface area contributed by atoms with E-state index in [1.807, 2.05) is 54.3 Å². The Hall–Kier alpha value is -2.92. The van der Waals surface area contributed by atoms with Gasteiger partial charge in [0.15, 0.2) is 11.7 Å². The normalized spacial score (nSPS) is 12.0. The Labute approximate surface area is 178 Å². The van der Waals surface area contributed by atoms with E-state index in [4.69, 9.17) is 9.15 Å². The van der Waals surface area contributed by atoms with E-state index in [0.717, 1.165) is 17.7 Å². The molecule has 158 valence electrons. The van der Waals surface area contributed by atoms with Crippen LogP contribution in [-0.2, 0) is 22.4 Å². The molecule has 1 aromatic heterocycles. The third-order valence-electron chi connectivity index (χ3n) is 5.22. The Bertz CT molecular complexity index is 919. The maximum Gasteiger partial charge on any atom is 0.223 e. The molecule has 0 radical (unpaired) electrons. The molecule has 0 aliphatic heterocycles. The highest BCUT2D eigenvalue weighted by atomic mass is 16.5. The van der Waals surface area contributed by atoms with E-state index in [1.165, 1.54) is 11.1 Å². The van der Waals surface area contributed by atoms with Gasteiger partial charge in [0.2, 0.25) is 5.91 Å². The van der Waals surface area contributed by atoms with Gasteiger partial charge in [0, 0.05) is 32.1 Å². The fraction of sp³-hybridized carbons (Fsp3) is 0.360. The first-order valence-corrected chi connectivity index (χ1v) is 10.4. The van der Waals surface area contributed by atoms with Gasteiger partial charge in [-0.25, -0.2) is 4.98 Å². The predicted octanol–water partition coefficient (Wildman–Crippen LogP) is 4.69. The quantitative estimate of drug-likeness (QED) is 0.490. The fourth-order valence-corrected chi connectivity index (χ4v) is 3.61. The number of carbonyl (C=O) groups is 1. The number of likely N-dealkylation sites (N-methyl/N-ethyl adjacent to an activating group) is 1. The second kappa shape index (κ2) is 10.7. The molecule has 5 heteroatoms. The number of oxazole rings is 1. The number of aryl methyl sites for hydroxylation is 2. The van der Waals surface area contributed by atoms with Gasteiger partial charge in [-0.1, -0.05) is 60.2 Å². The monoisotopic (exact) mass is 406 g/mol. The molecule has 2 aromatic carbocycles. The fourth-order valence-electron chi connectivity index (χ4n) is 3.61. The lowest BCUT2D eigenvalue weighted by Gasteiger charge is -2.30. The van der Waals surface area contributed by atoms with Crippen LogP contribution in [-0.4, -0.2) is 42.1 Å². The number of methoxy groups -OCH3 is 1. The zero-order chi connectivity index (χ0) is 21.3. The van der Waals surface area contributed by atoms with Crippen molar-refractivity contribution in [2.75, 3.05) is 20.3 Å². The zero-order valence-corrected chi connectivity index (χ0v) is 18.0. The number of ether oxygens (including phenoxy) is 1. The molecule has 0 N–H and O–H groups in total. The molecule has 3 rings (SSSR count). The minimum absolute atomic E-state index is 0.00239. The maximum absolute atomic E-state index is 13.0. The van der Waals surface area contributed by atoms with E-state index < -0.39 is 0 Å². The minimum atomic E-state index is 0.00239. The summed E-state index contributed by atoms with van der Waals surface area (Å²) in [5.41, 5.74) is 3.38. The maximum atomic E-state index is 13.0. The molecule has 30 heavy (non-hydrogen) atoms. The van der Waals surface area contributed by atoms with Gasteiger partial charge in [-0.2, -0.15) is 0 Å². The Morgan fingerprint density at radius 3 is 2.53 bits per heavy atom. The summed E-state index contributed by atoms with van der Waals surface area (Å²) in [4.78, 5) is 19.2. The molecule has 0 saturated carbocycles. The van der Waals surface area contributed by atoms with E-state index in [9.17, 15) is 4.79 Å². The summed E-state index contributed by atoms with van der Waals surface area (Å²) < 4.78 is 11.3. The molecule has 0 saturated heterocycles. The standard InChI is InChI=1S/C25H30N2O3/c1-4-27(22(18-29-3)16-20-8-6-5-7-9-20)25(28)15-14-24-26-17-23(30-24)21-12-10-19(2)11-13-21/h5-13,17,22H,4,14-16,18H2,1-3H3/t22-/m0/s1. The number of carbonyl (C=O) groups excluding carboxylic acids is 1. The highest BCUT2D eigenvalue weighted by Crippen LogP contribution is 2.21. The van der Waals surface area contributed by atoms with Crippen LogP contribution in [0.2, 0.25) is 0 Å². The van der Waals surface area contributed by atoms with Crippen LogP contribution in [0.5, 0.6) is 0 Å². The lowest BCUT2D eigenvalue weighted by molar-refractivity contribution is -0.134. The zero-order valence-electron chi connectivity index (χ0n) is 18.0. The third kappa shape index (κ3) is 5.80. The first-order chi connectivity index (χ1) is 14.6. The molecule has 5 nitrogen and oxygen atoms in total. The number of amides is 1. The predicted molar refractivity (Wildman–Crippen MR) is 118 cm³/mol. The van der Waals surface area contributed by atoms with Crippen LogP contribution in [0.1, 0.15) is 30.4 Å². The Morgan fingerprint density at radius 1 is 1.13 bits per heavy atom. The van der Waals surface area contributed by atoms with Gasteiger partial charge in [-0.15, -0.1) is 0 Å². The van der Waals surface area contributed by atoms with Crippen LogP contribution in [0.25, 0.3) is 11.3 Å². The molecule has 0 unspecified atom stereocenters. The molecular weight excluding hydrogens is 376 g/mol. The van der Waals surface area contributed by atoms with Crippen molar-refractivity contribution in [3.63, 3.8) is 0 Å². The van der Waals surface area contributed by atoms with Crippen molar-refractivity contribution >= 4 is 5.91 Å². The highest BCUT2D eigenvalue weighted by molar-refractivity contribution is 5.76. The summed E-state index contributed by atoms with van der Waals surface area (Å²) in [7, 11) is 1.68. The van der Waals surface area contributed by atoms with Crippen LogP contribution in [0, 0.1) is 6.92 Å². The number of aromatic nitrogens is 1. The van der Waals surface area contributed by atoms with Crippen molar-refractivity contribution in [2.45, 2.75) is 39.2 Å². The smallest absolute Gasteiger partial charge is 0.223 e. The third-order valence-corrected chi connectivity index (χ3v) is 5.22. The largest absolute Gasteiger partial charge is 0.441 e. The summed E-state index contributed by atoms with van der Waals surface area (Å²) in [5, 5.41) is 0. The van der Waals surface area contributed by atoms with Crippen LogP contribution in [0.4, 0.5) is 0 Å². The average Bonchev–Trinajstić information content (AvgIpc) is 3.23. The van der Waals surface area contributed by atoms with E-state index in [-0.39, 0.29) is 11.9 Å². The second-order valence-electron chi connectivity index (χ2n) is 7.46. The summed E-state index contributed by atoms with van der Waals surface area (Å²) in [5.74, 6) is 1.40. The molecular formula is C25H30N2O3. The van der Waals surface area contributed by atoms with Crippen LogP contribution in [0.15, 0.2) is 65.2 Å². The number of benzene rings is 2. The van der Waals surface area contributed by atoms with E-state index in [2.05, 4.69) is 24.0 Å². The summed E-state index contributed by atoms with van der Waals surface area (Å²) in [6, 6.07) is 18.3. The van der Waals surface area contributed by atoms with Crippen molar-refractivity contribution in [3.05, 3.63) is 77.8 Å². The first kappa shape index (κ1) is 21.8. The van der Waals surface area contributed by atoms with Gasteiger partial charge in [-0.3, -0.25) is 4.79 Å². The number of nitrogens with zero attached hydrogens (tertiary/aromatic N) is 2. The van der Waals surface area contributed by atoms with Gasteiger partial charge in [0.25, 0.3) is 0 Å². The van der Waals surface area contributed by atoms with Gasteiger partial charge in [-0.05, 0) is 25.8 Å².